The minimum absolute atomic E-state index is 0.0253. The predicted octanol–water partition coefficient (Wildman–Crippen LogP) is 2.54. The molecule has 1 unspecified atom stereocenters. The second-order valence-corrected chi connectivity index (χ2v) is 6.69. The molecule has 4 rings (SSSR count). The van der Waals surface area contributed by atoms with Gasteiger partial charge in [-0.1, -0.05) is 6.92 Å². The maximum absolute atomic E-state index is 14.4. The van der Waals surface area contributed by atoms with Gasteiger partial charge in [0.2, 0.25) is 5.88 Å². The van der Waals surface area contributed by atoms with Crippen molar-refractivity contribution in [2.24, 2.45) is 5.92 Å². The van der Waals surface area contributed by atoms with Crippen molar-refractivity contribution < 1.29 is 22.3 Å². The van der Waals surface area contributed by atoms with Gasteiger partial charge in [-0.2, -0.15) is 17.7 Å². The van der Waals surface area contributed by atoms with Crippen molar-refractivity contribution in [3.05, 3.63) is 35.8 Å². The molecular formula is C17H17F4N7O. The summed E-state index contributed by atoms with van der Waals surface area (Å²) in [7, 11) is 0. The molecule has 8 nitrogen and oxygen atoms in total. The molecule has 3 aromatic rings. The summed E-state index contributed by atoms with van der Waals surface area (Å²) in [6.45, 7) is 3.16. The van der Waals surface area contributed by atoms with E-state index in [0.717, 1.165) is 6.42 Å². The molecule has 4 heterocycles. The normalized spacial score (nSPS) is 17.3. The van der Waals surface area contributed by atoms with Crippen LogP contribution in [0, 0.1) is 11.7 Å². The van der Waals surface area contributed by atoms with E-state index in [1.165, 1.54) is 18.5 Å². The first-order valence-corrected chi connectivity index (χ1v) is 9.03. The van der Waals surface area contributed by atoms with Gasteiger partial charge in [-0.25, -0.2) is 14.4 Å². The van der Waals surface area contributed by atoms with E-state index in [4.69, 9.17) is 4.74 Å². The Morgan fingerprint density at radius 3 is 2.79 bits per heavy atom. The molecule has 0 saturated carbocycles. The fraction of sp³-hybridized carbons (Fsp3) is 0.471. The highest BCUT2D eigenvalue weighted by Crippen LogP contribution is 2.28. The monoisotopic (exact) mass is 411 g/mol. The lowest BCUT2D eigenvalue weighted by Crippen LogP contribution is -2.24. The van der Waals surface area contributed by atoms with Crippen molar-refractivity contribution in [2.45, 2.75) is 25.9 Å². The van der Waals surface area contributed by atoms with Crippen molar-refractivity contribution >= 4 is 11.5 Å². The minimum atomic E-state index is -4.67. The lowest BCUT2D eigenvalue weighted by Gasteiger charge is -2.18. The van der Waals surface area contributed by atoms with Crippen molar-refractivity contribution in [1.82, 2.24) is 29.8 Å². The molecule has 1 aliphatic heterocycles. The first kappa shape index (κ1) is 19.3. The number of nitrogens with zero attached hydrogens (tertiary/aromatic N) is 7. The molecule has 0 aliphatic carbocycles. The summed E-state index contributed by atoms with van der Waals surface area (Å²) in [6, 6.07) is 2.79. The van der Waals surface area contributed by atoms with Crippen LogP contribution < -0.4 is 9.64 Å². The summed E-state index contributed by atoms with van der Waals surface area (Å²) in [4.78, 5) is 9.80. The van der Waals surface area contributed by atoms with Crippen LogP contribution in [0.1, 0.15) is 24.9 Å². The number of anilines is 1. The van der Waals surface area contributed by atoms with Gasteiger partial charge >= 0.3 is 6.18 Å². The van der Waals surface area contributed by atoms with Gasteiger partial charge in [0.05, 0.1) is 12.3 Å². The molecular weight excluding hydrogens is 394 g/mol. The first-order chi connectivity index (χ1) is 13.9. The van der Waals surface area contributed by atoms with Gasteiger partial charge in [-0.3, -0.25) is 0 Å². The van der Waals surface area contributed by atoms with Gasteiger partial charge in [-0.15, -0.1) is 15.3 Å². The lowest BCUT2D eigenvalue weighted by molar-refractivity contribution is -0.146. The largest absolute Gasteiger partial charge is 0.476 e. The van der Waals surface area contributed by atoms with Gasteiger partial charge in [-0.05, 0) is 18.9 Å². The number of alkyl halides is 3. The van der Waals surface area contributed by atoms with Gasteiger partial charge in [0.1, 0.15) is 6.33 Å². The Kier molecular flexibility index (Phi) is 4.92. The Morgan fingerprint density at radius 2 is 2.03 bits per heavy atom. The molecule has 12 heteroatoms. The van der Waals surface area contributed by atoms with Crippen LogP contribution in [0.5, 0.6) is 5.88 Å². The molecule has 1 atom stereocenters. The Bertz CT molecular complexity index is 1020. The van der Waals surface area contributed by atoms with Crippen LogP contribution in [0.4, 0.5) is 23.4 Å². The number of halogens is 4. The third-order valence-electron chi connectivity index (χ3n) is 4.72. The van der Waals surface area contributed by atoms with E-state index < -0.39 is 17.8 Å². The Balaban J connectivity index is 1.43. The molecule has 3 aromatic heterocycles. The van der Waals surface area contributed by atoms with E-state index in [1.54, 1.807) is 0 Å². The summed E-state index contributed by atoms with van der Waals surface area (Å²) >= 11 is 0. The zero-order valence-electron chi connectivity index (χ0n) is 15.4. The highest BCUT2D eigenvalue weighted by molar-refractivity contribution is 5.42. The van der Waals surface area contributed by atoms with Crippen molar-refractivity contribution in [3.8, 4) is 5.88 Å². The molecule has 1 fully saturated rings. The van der Waals surface area contributed by atoms with E-state index in [1.807, 2.05) is 11.8 Å². The van der Waals surface area contributed by atoms with Crippen LogP contribution in [-0.2, 0) is 12.6 Å². The summed E-state index contributed by atoms with van der Waals surface area (Å²) < 4.78 is 59.5. The van der Waals surface area contributed by atoms with Crippen LogP contribution in [0.2, 0.25) is 0 Å². The number of hydrogen-bond acceptors (Lipinski definition) is 7. The second-order valence-electron chi connectivity index (χ2n) is 6.69. The van der Waals surface area contributed by atoms with Crippen molar-refractivity contribution in [1.29, 1.82) is 0 Å². The lowest BCUT2D eigenvalue weighted by atomic mass is 10.1. The molecule has 0 N–H and O–H groups in total. The number of aryl methyl sites for hydroxylation is 1. The highest BCUT2D eigenvalue weighted by atomic mass is 19.4. The number of fused-ring (bicyclic) bond motifs is 1. The molecule has 0 bridgehead atoms. The fourth-order valence-corrected chi connectivity index (χ4v) is 3.25. The molecule has 0 spiro atoms. The van der Waals surface area contributed by atoms with Crippen LogP contribution in [0.3, 0.4) is 0 Å². The van der Waals surface area contributed by atoms with Crippen molar-refractivity contribution in [3.63, 3.8) is 0 Å². The quantitative estimate of drug-likeness (QED) is 0.597. The standard InChI is InChI=1S/C17H17F4N7O/c1-2-11-14(18)15(23-9-22-11)27-6-5-10(7-27)8-29-13-4-3-12-24-25-16(17(19,20)21)28(12)26-13/h3-4,9-10H,2,5-8H2,1H3. The van der Waals surface area contributed by atoms with Crippen LogP contribution >= 0.6 is 0 Å². The second kappa shape index (κ2) is 7.41. The zero-order valence-corrected chi connectivity index (χ0v) is 15.4. The van der Waals surface area contributed by atoms with Crippen LogP contribution in [-0.4, -0.2) is 49.5 Å². The predicted molar refractivity (Wildman–Crippen MR) is 93.0 cm³/mol. The van der Waals surface area contributed by atoms with E-state index in [-0.39, 0.29) is 29.9 Å². The smallest absolute Gasteiger partial charge is 0.453 e. The van der Waals surface area contributed by atoms with Gasteiger partial charge in [0.15, 0.2) is 17.3 Å². The Hall–Kier alpha value is -3.05. The summed E-state index contributed by atoms with van der Waals surface area (Å²) in [5.41, 5.74) is 0.337. The molecule has 0 amide bonds. The Morgan fingerprint density at radius 1 is 1.21 bits per heavy atom. The first-order valence-electron chi connectivity index (χ1n) is 9.03. The summed E-state index contributed by atoms with van der Waals surface area (Å²) in [6.07, 6.45) is -2.12. The highest BCUT2D eigenvalue weighted by Gasteiger charge is 2.37. The van der Waals surface area contributed by atoms with E-state index in [2.05, 4.69) is 25.3 Å². The number of ether oxygens (including phenoxy) is 1. The van der Waals surface area contributed by atoms with Crippen molar-refractivity contribution in [2.75, 3.05) is 24.6 Å². The SMILES string of the molecule is CCc1ncnc(N2CCC(COc3ccc4nnc(C(F)(F)F)n4n3)C2)c1F. The average Bonchev–Trinajstić information content (AvgIpc) is 3.33. The maximum Gasteiger partial charge on any atom is 0.453 e. The fourth-order valence-electron chi connectivity index (χ4n) is 3.25. The van der Waals surface area contributed by atoms with Gasteiger partial charge in [0.25, 0.3) is 5.82 Å². The van der Waals surface area contributed by atoms with Crippen LogP contribution in [0.15, 0.2) is 18.5 Å². The van der Waals surface area contributed by atoms with E-state index >= 15 is 0 Å². The number of hydrogen-bond donors (Lipinski definition) is 0. The summed E-state index contributed by atoms with van der Waals surface area (Å²) in [5.74, 6) is -1.29. The van der Waals surface area contributed by atoms with Crippen LogP contribution in [0.25, 0.3) is 5.65 Å². The number of rotatable bonds is 5. The topological polar surface area (TPSA) is 81.3 Å². The molecule has 0 radical (unpaired) electrons. The van der Waals surface area contributed by atoms with E-state index in [9.17, 15) is 17.6 Å². The average molecular weight is 411 g/mol. The molecule has 29 heavy (non-hydrogen) atoms. The van der Waals surface area contributed by atoms with Gasteiger partial charge in [0, 0.05) is 25.1 Å². The van der Waals surface area contributed by atoms with E-state index in [0.29, 0.717) is 29.7 Å². The number of aromatic nitrogens is 6. The molecule has 1 saturated heterocycles. The van der Waals surface area contributed by atoms with Gasteiger partial charge < -0.3 is 9.64 Å². The molecule has 0 aromatic carbocycles. The molecule has 154 valence electrons. The minimum Gasteiger partial charge on any atom is -0.476 e. The summed E-state index contributed by atoms with van der Waals surface area (Å²) in [5, 5.41) is 10.4. The third-order valence-corrected chi connectivity index (χ3v) is 4.72. The molecule has 1 aliphatic rings. The Labute approximate surface area is 162 Å². The zero-order chi connectivity index (χ0) is 20.6. The maximum atomic E-state index is 14.4. The third kappa shape index (κ3) is 3.78.